The highest BCUT2D eigenvalue weighted by Crippen LogP contribution is 2.28. The molecule has 2 rings (SSSR count). The highest BCUT2D eigenvalue weighted by atomic mass is 32.1. The molecule has 0 spiro atoms. The molecule has 16 heavy (non-hydrogen) atoms. The first kappa shape index (κ1) is 10.4. The highest BCUT2D eigenvalue weighted by Gasteiger charge is 2.05. The molecule has 0 fully saturated rings. The number of hydrogen-bond donors (Lipinski definition) is 1. The van der Waals surface area contributed by atoms with Crippen molar-refractivity contribution in [3.8, 4) is 0 Å². The summed E-state index contributed by atoms with van der Waals surface area (Å²) in [5.74, 6) is -0.158. The topological polar surface area (TPSA) is 90.8 Å². The van der Waals surface area contributed by atoms with E-state index >= 15 is 0 Å². The minimum absolute atomic E-state index is 0.158. The van der Waals surface area contributed by atoms with E-state index in [1.807, 2.05) is 6.07 Å². The van der Waals surface area contributed by atoms with Gasteiger partial charge >= 0.3 is 0 Å². The van der Waals surface area contributed by atoms with Crippen molar-refractivity contribution >= 4 is 38.3 Å². The Kier molecular flexibility index (Phi) is 2.72. The Bertz CT molecular complexity index is 599. The van der Waals surface area contributed by atoms with Gasteiger partial charge in [-0.15, -0.1) is 0 Å². The molecule has 80 valence electrons. The first-order valence-corrected chi connectivity index (χ1v) is 5.24. The quantitative estimate of drug-likeness (QED) is 0.490. The molecule has 0 aliphatic heterocycles. The number of aromatic nitrogens is 1. The molecule has 1 amide bonds. The maximum Gasteiger partial charge on any atom is 0.223 e. The summed E-state index contributed by atoms with van der Waals surface area (Å²) in [7, 11) is 0. The maximum absolute atomic E-state index is 10.8. The lowest BCUT2D eigenvalue weighted by atomic mass is 10.3. The number of carbonyl (C=O) groups excluding carboxylic acids is 1. The Morgan fingerprint density at radius 2 is 2.44 bits per heavy atom. The molecule has 6 nitrogen and oxygen atoms in total. The van der Waals surface area contributed by atoms with Crippen LogP contribution < -0.4 is 5.32 Å². The van der Waals surface area contributed by atoms with Gasteiger partial charge in [0.25, 0.3) is 0 Å². The lowest BCUT2D eigenvalue weighted by Gasteiger charge is -1.91. The first-order valence-electron chi connectivity index (χ1n) is 4.42. The highest BCUT2D eigenvalue weighted by molar-refractivity contribution is 7.22. The van der Waals surface area contributed by atoms with E-state index in [9.17, 15) is 4.79 Å². The molecule has 1 heterocycles. The summed E-state index contributed by atoms with van der Waals surface area (Å²) in [6.45, 7) is 1.43. The van der Waals surface area contributed by atoms with Gasteiger partial charge in [-0.3, -0.25) is 4.79 Å². The van der Waals surface area contributed by atoms with Crippen molar-refractivity contribution in [3.05, 3.63) is 28.6 Å². The third-order valence-corrected chi connectivity index (χ3v) is 2.77. The number of anilines is 1. The number of thiazole rings is 1. The molecule has 0 saturated carbocycles. The summed E-state index contributed by atoms with van der Waals surface area (Å²) >= 11 is 1.37. The van der Waals surface area contributed by atoms with E-state index in [4.69, 9.17) is 5.53 Å². The smallest absolute Gasteiger partial charge is 0.223 e. The predicted octanol–water partition coefficient (Wildman–Crippen LogP) is 3.20. The number of carbonyl (C=O) groups is 1. The predicted molar refractivity (Wildman–Crippen MR) is 62.7 cm³/mol. The summed E-state index contributed by atoms with van der Waals surface area (Å²) in [6, 6.07) is 5.19. The van der Waals surface area contributed by atoms with Crippen LogP contribution in [-0.2, 0) is 4.79 Å². The molecule has 0 bridgehead atoms. The van der Waals surface area contributed by atoms with Crippen LogP contribution in [0.2, 0.25) is 0 Å². The molecular formula is C9H7N5OS. The zero-order valence-corrected chi connectivity index (χ0v) is 9.15. The van der Waals surface area contributed by atoms with Crippen molar-refractivity contribution in [1.29, 1.82) is 0 Å². The Morgan fingerprint density at radius 1 is 1.62 bits per heavy atom. The molecule has 7 heteroatoms. The van der Waals surface area contributed by atoms with Gasteiger partial charge in [0.15, 0.2) is 5.13 Å². The molecule has 1 aromatic carbocycles. The number of azide groups is 1. The summed E-state index contributed by atoms with van der Waals surface area (Å²) in [5, 5.41) is 6.64. The number of nitrogens with zero attached hydrogens (tertiary/aromatic N) is 4. The second-order valence-corrected chi connectivity index (χ2v) is 4.07. The van der Waals surface area contributed by atoms with Crippen molar-refractivity contribution in [3.63, 3.8) is 0 Å². The molecule has 0 saturated heterocycles. The van der Waals surface area contributed by atoms with E-state index in [2.05, 4.69) is 20.3 Å². The molecule has 0 aliphatic carbocycles. The molecule has 1 aromatic heterocycles. The standard InChI is InChI=1S/C9H7N5OS/c1-5(15)11-9-12-7-4-6(13-14-10)2-3-8(7)16-9/h2-4H,1H3,(H,11,12,15). The third kappa shape index (κ3) is 2.10. The van der Waals surface area contributed by atoms with Crippen LogP contribution in [0.25, 0.3) is 20.7 Å². The molecule has 2 aromatic rings. The second kappa shape index (κ2) is 4.18. The van der Waals surface area contributed by atoms with Crippen LogP contribution in [0, 0.1) is 0 Å². The van der Waals surface area contributed by atoms with Gasteiger partial charge in [0.2, 0.25) is 5.91 Å². The van der Waals surface area contributed by atoms with Crippen molar-refractivity contribution in [2.75, 3.05) is 5.32 Å². The van der Waals surface area contributed by atoms with Crippen LogP contribution in [0.15, 0.2) is 23.3 Å². The summed E-state index contributed by atoms with van der Waals surface area (Å²) < 4.78 is 0.931. The Hall–Kier alpha value is -2.11. The van der Waals surface area contributed by atoms with Crippen molar-refractivity contribution in [2.24, 2.45) is 5.11 Å². The molecule has 0 atom stereocenters. The summed E-state index contributed by atoms with van der Waals surface area (Å²) in [6.07, 6.45) is 0. The molecule has 1 N–H and O–H groups in total. The van der Waals surface area contributed by atoms with Crippen LogP contribution >= 0.6 is 11.3 Å². The van der Waals surface area contributed by atoms with Crippen LogP contribution in [0.4, 0.5) is 10.8 Å². The number of hydrogen-bond acceptors (Lipinski definition) is 4. The fourth-order valence-electron chi connectivity index (χ4n) is 1.23. The average molecular weight is 233 g/mol. The van der Waals surface area contributed by atoms with Crippen molar-refractivity contribution in [2.45, 2.75) is 6.92 Å². The van der Waals surface area contributed by atoms with E-state index in [1.165, 1.54) is 18.3 Å². The fraction of sp³-hybridized carbons (Fsp3) is 0.111. The zero-order chi connectivity index (χ0) is 11.5. The van der Waals surface area contributed by atoms with Gasteiger partial charge in [0, 0.05) is 17.5 Å². The Labute approximate surface area is 94.5 Å². The second-order valence-electron chi connectivity index (χ2n) is 3.04. The lowest BCUT2D eigenvalue weighted by Crippen LogP contribution is -2.04. The van der Waals surface area contributed by atoms with E-state index in [0.717, 1.165) is 4.70 Å². The molecule has 0 radical (unpaired) electrons. The number of amides is 1. The van der Waals surface area contributed by atoms with Gasteiger partial charge in [0.05, 0.1) is 10.2 Å². The van der Waals surface area contributed by atoms with Gasteiger partial charge < -0.3 is 5.32 Å². The van der Waals surface area contributed by atoms with Crippen LogP contribution in [0.1, 0.15) is 6.92 Å². The van der Waals surface area contributed by atoms with E-state index in [1.54, 1.807) is 12.1 Å². The molecular weight excluding hydrogens is 226 g/mol. The van der Waals surface area contributed by atoms with Gasteiger partial charge in [-0.25, -0.2) is 4.98 Å². The van der Waals surface area contributed by atoms with Gasteiger partial charge in [-0.05, 0) is 17.7 Å². The Balaban J connectivity index is 2.45. The third-order valence-electron chi connectivity index (χ3n) is 1.81. The normalized spacial score (nSPS) is 9.81. The van der Waals surface area contributed by atoms with Gasteiger partial charge in [0.1, 0.15) is 0 Å². The van der Waals surface area contributed by atoms with E-state index in [-0.39, 0.29) is 5.91 Å². The summed E-state index contributed by atoms with van der Waals surface area (Å²) in [4.78, 5) is 17.7. The zero-order valence-electron chi connectivity index (χ0n) is 8.34. The van der Waals surface area contributed by atoms with Gasteiger partial charge in [-0.2, -0.15) is 0 Å². The fourth-order valence-corrected chi connectivity index (χ4v) is 2.13. The summed E-state index contributed by atoms with van der Waals surface area (Å²) in [5.41, 5.74) is 9.52. The number of nitrogens with one attached hydrogen (secondary N) is 1. The van der Waals surface area contributed by atoms with Crippen LogP contribution in [0.3, 0.4) is 0 Å². The lowest BCUT2D eigenvalue weighted by molar-refractivity contribution is -0.114. The van der Waals surface area contributed by atoms with Crippen molar-refractivity contribution < 1.29 is 4.79 Å². The number of fused-ring (bicyclic) bond motifs is 1. The molecule has 0 unspecified atom stereocenters. The number of benzene rings is 1. The average Bonchev–Trinajstić information content (AvgIpc) is 2.58. The van der Waals surface area contributed by atoms with Gasteiger partial charge in [-0.1, -0.05) is 22.5 Å². The van der Waals surface area contributed by atoms with E-state index < -0.39 is 0 Å². The largest absolute Gasteiger partial charge is 0.302 e. The maximum atomic E-state index is 10.8. The van der Waals surface area contributed by atoms with E-state index in [0.29, 0.717) is 16.3 Å². The van der Waals surface area contributed by atoms with Crippen LogP contribution in [-0.4, -0.2) is 10.9 Å². The Morgan fingerprint density at radius 3 is 3.12 bits per heavy atom. The van der Waals surface area contributed by atoms with Crippen LogP contribution in [0.5, 0.6) is 0 Å². The van der Waals surface area contributed by atoms with Crippen molar-refractivity contribution in [1.82, 2.24) is 4.98 Å². The SMILES string of the molecule is CC(=O)Nc1nc2cc(N=[N+]=[N-])ccc2s1. The minimum atomic E-state index is -0.158. The minimum Gasteiger partial charge on any atom is -0.302 e. The molecule has 0 aliphatic rings. The monoisotopic (exact) mass is 233 g/mol. The number of rotatable bonds is 2. The first-order chi connectivity index (χ1) is 7.69.